The number of nitrogens with zero attached hydrogens (tertiary/aromatic N) is 1. The fraction of sp³-hybridized carbons (Fsp3) is 0.375. The summed E-state index contributed by atoms with van der Waals surface area (Å²) in [7, 11) is 0. The average molecular weight is 304 g/mol. The van der Waals surface area contributed by atoms with Crippen LogP contribution in [-0.2, 0) is 4.74 Å². The van der Waals surface area contributed by atoms with Crippen molar-refractivity contribution in [1.82, 2.24) is 9.88 Å². The minimum atomic E-state index is -0.509. The number of carbonyl (C=O) groups is 1. The maximum absolute atomic E-state index is 13.2. The molecule has 1 aromatic carbocycles. The predicted molar refractivity (Wildman–Crippen MR) is 80.5 cm³/mol. The number of aromatic nitrogens is 1. The Morgan fingerprint density at radius 3 is 2.86 bits per heavy atom. The molecule has 0 aliphatic carbocycles. The number of hydrogen-bond acceptors (Lipinski definition) is 3. The lowest BCUT2D eigenvalue weighted by Gasteiger charge is -2.42. The van der Waals surface area contributed by atoms with Crippen molar-refractivity contribution >= 4 is 16.8 Å². The van der Waals surface area contributed by atoms with Crippen LogP contribution in [0.2, 0.25) is 0 Å². The van der Waals surface area contributed by atoms with Crippen LogP contribution in [0, 0.1) is 5.82 Å². The Balaban J connectivity index is 2.05. The molecule has 22 heavy (non-hydrogen) atoms. The maximum atomic E-state index is 13.2. The molecule has 0 radical (unpaired) electrons. The van der Waals surface area contributed by atoms with Crippen molar-refractivity contribution in [3.8, 4) is 0 Å². The lowest BCUT2D eigenvalue weighted by Crippen LogP contribution is -2.56. The first-order chi connectivity index (χ1) is 10.4. The molecule has 0 unspecified atom stereocenters. The van der Waals surface area contributed by atoms with Crippen molar-refractivity contribution in [3.05, 3.63) is 46.0 Å². The molecular formula is C16H17FN2O3. The van der Waals surface area contributed by atoms with Gasteiger partial charge in [-0.05, 0) is 43.5 Å². The second-order valence-corrected chi connectivity index (χ2v) is 6.07. The number of rotatable bonds is 1. The van der Waals surface area contributed by atoms with Gasteiger partial charge in [-0.15, -0.1) is 0 Å². The van der Waals surface area contributed by atoms with Gasteiger partial charge < -0.3 is 14.6 Å². The lowest BCUT2D eigenvalue weighted by molar-refractivity contribution is -0.0371. The summed E-state index contributed by atoms with van der Waals surface area (Å²) in [6, 6.07) is 5.60. The molecule has 1 aromatic heterocycles. The predicted octanol–water partition coefficient (Wildman–Crippen LogP) is 1.92. The topological polar surface area (TPSA) is 62.4 Å². The van der Waals surface area contributed by atoms with Gasteiger partial charge in [0.25, 0.3) is 11.5 Å². The van der Waals surface area contributed by atoms with Gasteiger partial charge in [0, 0.05) is 6.54 Å². The number of carbonyl (C=O) groups excluding carboxylic acids is 1. The minimum absolute atomic E-state index is 0.0640. The Bertz CT molecular complexity index is 798. The molecule has 116 valence electrons. The quantitative estimate of drug-likeness (QED) is 0.875. The first-order valence-electron chi connectivity index (χ1n) is 7.11. The van der Waals surface area contributed by atoms with Crippen molar-refractivity contribution in [2.45, 2.75) is 19.4 Å². The number of morpholine rings is 1. The highest BCUT2D eigenvalue weighted by atomic mass is 19.1. The van der Waals surface area contributed by atoms with E-state index in [2.05, 4.69) is 4.98 Å². The van der Waals surface area contributed by atoms with E-state index in [1.165, 1.54) is 18.2 Å². The van der Waals surface area contributed by atoms with Crippen LogP contribution in [0.25, 0.3) is 10.9 Å². The lowest BCUT2D eigenvalue weighted by atomic mass is 10.0. The molecule has 3 rings (SSSR count). The van der Waals surface area contributed by atoms with Crippen molar-refractivity contribution in [3.63, 3.8) is 0 Å². The highest BCUT2D eigenvalue weighted by molar-refractivity contribution is 5.97. The van der Waals surface area contributed by atoms with E-state index in [4.69, 9.17) is 4.74 Å². The SMILES string of the molecule is CC1(C)COCCN1C(=O)c1cc2ccc(F)cc2[nH]c1=O. The number of halogens is 1. The summed E-state index contributed by atoms with van der Waals surface area (Å²) in [5, 5.41) is 0.621. The van der Waals surface area contributed by atoms with Crippen LogP contribution in [0.1, 0.15) is 24.2 Å². The molecule has 0 atom stereocenters. The van der Waals surface area contributed by atoms with Crippen molar-refractivity contribution < 1.29 is 13.9 Å². The number of hydrogen-bond donors (Lipinski definition) is 1. The minimum Gasteiger partial charge on any atom is -0.377 e. The Kier molecular flexibility index (Phi) is 3.48. The molecule has 1 aliphatic rings. The Hall–Kier alpha value is -2.21. The van der Waals surface area contributed by atoms with Gasteiger partial charge in [-0.3, -0.25) is 9.59 Å². The van der Waals surface area contributed by atoms with Gasteiger partial charge in [0.1, 0.15) is 11.4 Å². The Labute approximate surface area is 126 Å². The summed E-state index contributed by atoms with van der Waals surface area (Å²) in [5.41, 5.74) is -0.540. The molecule has 0 saturated carbocycles. The van der Waals surface area contributed by atoms with E-state index < -0.39 is 16.9 Å². The highest BCUT2D eigenvalue weighted by Crippen LogP contribution is 2.22. The van der Waals surface area contributed by atoms with Gasteiger partial charge in [-0.25, -0.2) is 4.39 Å². The summed E-state index contributed by atoms with van der Waals surface area (Å²) in [6.45, 7) is 5.11. The van der Waals surface area contributed by atoms with Crippen molar-refractivity contribution in [2.24, 2.45) is 0 Å². The van der Waals surface area contributed by atoms with E-state index in [1.54, 1.807) is 11.0 Å². The molecule has 1 amide bonds. The molecule has 0 spiro atoms. The monoisotopic (exact) mass is 304 g/mol. The molecule has 6 heteroatoms. The summed E-state index contributed by atoms with van der Waals surface area (Å²) >= 11 is 0. The smallest absolute Gasteiger partial charge is 0.261 e. The van der Waals surface area contributed by atoms with E-state index in [1.807, 2.05) is 13.8 Å². The number of pyridine rings is 1. The molecule has 2 heterocycles. The molecule has 5 nitrogen and oxygen atoms in total. The molecule has 1 saturated heterocycles. The summed E-state index contributed by atoms with van der Waals surface area (Å²) in [6.07, 6.45) is 0. The number of H-pyrrole nitrogens is 1. The molecule has 1 aliphatic heterocycles. The number of aromatic amines is 1. The second kappa shape index (κ2) is 5.21. The largest absolute Gasteiger partial charge is 0.377 e. The molecular weight excluding hydrogens is 287 g/mol. The number of nitrogens with one attached hydrogen (secondary N) is 1. The number of benzene rings is 1. The van der Waals surface area contributed by atoms with Crippen LogP contribution in [-0.4, -0.2) is 41.1 Å². The van der Waals surface area contributed by atoms with Gasteiger partial charge >= 0.3 is 0 Å². The number of amides is 1. The molecule has 1 fully saturated rings. The molecule has 2 aromatic rings. The first kappa shape index (κ1) is 14.7. The number of ether oxygens (including phenoxy) is 1. The standard InChI is InChI=1S/C16H17FN2O3/c1-16(2)9-22-6-5-19(16)15(21)12-7-10-3-4-11(17)8-13(10)18-14(12)20/h3-4,7-8H,5-6,9H2,1-2H3,(H,18,20). The van der Waals surface area contributed by atoms with Gasteiger partial charge in [0.05, 0.1) is 24.3 Å². The Morgan fingerprint density at radius 2 is 2.14 bits per heavy atom. The van der Waals surface area contributed by atoms with E-state index in [-0.39, 0.29) is 11.5 Å². The fourth-order valence-electron chi connectivity index (χ4n) is 2.71. The highest BCUT2D eigenvalue weighted by Gasteiger charge is 2.35. The normalized spacial score (nSPS) is 17.7. The first-order valence-corrected chi connectivity index (χ1v) is 7.11. The van der Waals surface area contributed by atoms with Gasteiger partial charge in [0.2, 0.25) is 0 Å². The van der Waals surface area contributed by atoms with Crippen LogP contribution in [0.15, 0.2) is 29.1 Å². The third-order valence-corrected chi connectivity index (χ3v) is 3.93. The van der Waals surface area contributed by atoms with E-state index in [9.17, 15) is 14.0 Å². The van der Waals surface area contributed by atoms with E-state index in [0.717, 1.165) is 0 Å². The van der Waals surface area contributed by atoms with Crippen LogP contribution in [0.4, 0.5) is 4.39 Å². The van der Waals surface area contributed by atoms with Crippen LogP contribution in [0.3, 0.4) is 0 Å². The van der Waals surface area contributed by atoms with Gasteiger partial charge in [-0.2, -0.15) is 0 Å². The van der Waals surface area contributed by atoms with Crippen LogP contribution < -0.4 is 5.56 Å². The summed E-state index contributed by atoms with van der Waals surface area (Å²) in [4.78, 5) is 29.1. The fourth-order valence-corrected chi connectivity index (χ4v) is 2.71. The maximum Gasteiger partial charge on any atom is 0.261 e. The third kappa shape index (κ3) is 2.50. The van der Waals surface area contributed by atoms with Crippen molar-refractivity contribution in [2.75, 3.05) is 19.8 Å². The van der Waals surface area contributed by atoms with Gasteiger partial charge in [-0.1, -0.05) is 0 Å². The zero-order valence-electron chi connectivity index (χ0n) is 12.5. The zero-order valence-corrected chi connectivity index (χ0v) is 12.5. The second-order valence-electron chi connectivity index (χ2n) is 6.07. The number of fused-ring (bicyclic) bond motifs is 1. The Morgan fingerprint density at radius 1 is 1.36 bits per heavy atom. The van der Waals surface area contributed by atoms with E-state index in [0.29, 0.717) is 30.7 Å². The molecule has 1 N–H and O–H groups in total. The van der Waals surface area contributed by atoms with Crippen LogP contribution >= 0.6 is 0 Å². The third-order valence-electron chi connectivity index (χ3n) is 3.93. The van der Waals surface area contributed by atoms with Gasteiger partial charge in [0.15, 0.2) is 0 Å². The summed E-state index contributed by atoms with van der Waals surface area (Å²) < 4.78 is 18.6. The average Bonchev–Trinajstić information content (AvgIpc) is 2.45. The zero-order chi connectivity index (χ0) is 15.9. The summed E-state index contributed by atoms with van der Waals surface area (Å²) in [5.74, 6) is -0.766. The van der Waals surface area contributed by atoms with Crippen LogP contribution in [0.5, 0.6) is 0 Å². The van der Waals surface area contributed by atoms with Crippen molar-refractivity contribution in [1.29, 1.82) is 0 Å². The molecule has 0 bridgehead atoms. The van der Waals surface area contributed by atoms with E-state index >= 15 is 0 Å².